The Labute approximate surface area is 837 Å². The summed E-state index contributed by atoms with van der Waals surface area (Å²) >= 11 is 0. The third-order valence-electron chi connectivity index (χ3n) is 21.9. The SMILES string of the molecule is CC(C)(C)/C=C/[C@@H](CCCCS(=O)(=O)O)Cc1ccccc1.CC(C)(C)/C=C/[C@H](CCCCS(=O)(=O)O)Cc1ccccc1.CC(C)(C)/C=C/[C@H](CCCCS(=O)(=O)O)c1ccccc1.CC(C)C[C@@H](/C=C/c1ccc(C(C)(C)C)cc1)CCCCS(=O)(=O)O.COc1ccc(C[C@@H](/C=C/C(C)(C)C)CCCCS(=O)(=O)O)cc1.COc1ccc(C[C@H](/C=C/C(C)(C)C)CCCCS(=O)(=O)O)cc1. The summed E-state index contributed by atoms with van der Waals surface area (Å²) < 4.78 is 193. The van der Waals surface area contributed by atoms with Gasteiger partial charge in [0.2, 0.25) is 0 Å². The summed E-state index contributed by atoms with van der Waals surface area (Å²) in [6.45, 7) is 43.5. The third-order valence-corrected chi connectivity index (χ3v) is 26.8. The van der Waals surface area contributed by atoms with E-state index in [1.54, 1.807) is 14.2 Å². The summed E-state index contributed by atoms with van der Waals surface area (Å²) in [5.74, 6) is 3.57. The fourth-order valence-electron chi connectivity index (χ4n) is 14.5. The van der Waals surface area contributed by atoms with Crippen LogP contribution in [0.3, 0.4) is 0 Å². The average Bonchev–Trinajstić information content (AvgIpc) is 0.852. The van der Waals surface area contributed by atoms with Crippen molar-refractivity contribution in [2.45, 2.75) is 297 Å². The number of methoxy groups -OCH3 is 2. The first-order valence-corrected chi connectivity index (χ1v) is 58.6. The van der Waals surface area contributed by atoms with Gasteiger partial charge >= 0.3 is 0 Å². The molecule has 780 valence electrons. The molecule has 0 bridgehead atoms. The zero-order valence-electron chi connectivity index (χ0n) is 87.4. The van der Waals surface area contributed by atoms with Gasteiger partial charge in [-0.1, -0.05) is 389 Å². The van der Waals surface area contributed by atoms with Crippen molar-refractivity contribution in [1.82, 2.24) is 0 Å². The summed E-state index contributed by atoms with van der Waals surface area (Å²) in [6, 6.07) is 55.7. The Balaban J connectivity index is 0.000000829. The van der Waals surface area contributed by atoms with E-state index in [4.69, 9.17) is 36.8 Å². The molecule has 6 aromatic carbocycles. The van der Waals surface area contributed by atoms with Crippen molar-refractivity contribution in [1.29, 1.82) is 0 Å². The molecule has 0 unspecified atom stereocenters. The highest BCUT2D eigenvalue weighted by molar-refractivity contribution is 7.87. The summed E-state index contributed by atoms with van der Waals surface area (Å²) in [5.41, 5.74) is 9.62. The lowest BCUT2D eigenvalue weighted by Crippen LogP contribution is -2.10. The van der Waals surface area contributed by atoms with Crippen LogP contribution < -0.4 is 9.47 Å². The number of ether oxygens (including phenoxy) is 2. The summed E-state index contributed by atoms with van der Waals surface area (Å²) in [5, 5.41) is 0. The van der Waals surface area contributed by atoms with Crippen molar-refractivity contribution in [3.63, 3.8) is 0 Å². The van der Waals surface area contributed by atoms with Crippen molar-refractivity contribution in [2.75, 3.05) is 48.7 Å². The van der Waals surface area contributed by atoms with E-state index in [0.717, 1.165) is 121 Å². The minimum atomic E-state index is -3.86. The topological polar surface area (TPSA) is 345 Å². The highest BCUT2D eigenvalue weighted by Gasteiger charge is 2.21. The van der Waals surface area contributed by atoms with E-state index in [1.807, 2.05) is 78.9 Å². The molecule has 0 saturated carbocycles. The van der Waals surface area contributed by atoms with Crippen LogP contribution in [0.4, 0.5) is 0 Å². The molecule has 0 saturated heterocycles. The molecule has 138 heavy (non-hydrogen) atoms. The number of hydrogen-bond acceptors (Lipinski definition) is 14. The lowest BCUT2D eigenvalue weighted by Gasteiger charge is -2.19. The molecule has 0 aliphatic heterocycles. The first-order chi connectivity index (χ1) is 63.6. The van der Waals surface area contributed by atoms with Crippen LogP contribution in [0.2, 0.25) is 0 Å². The maximum Gasteiger partial charge on any atom is 0.264 e. The Kier molecular flexibility index (Phi) is 60.2. The van der Waals surface area contributed by atoms with Gasteiger partial charge in [0.1, 0.15) is 11.5 Å². The fourth-order valence-corrected chi connectivity index (χ4v) is 18.0. The average molecular weight is 2040 g/mol. The van der Waals surface area contributed by atoms with Crippen LogP contribution in [0.1, 0.15) is 305 Å². The second-order valence-corrected chi connectivity index (χ2v) is 52.9. The molecule has 0 amide bonds. The van der Waals surface area contributed by atoms with E-state index in [2.05, 4.69) is 296 Å². The second kappa shape index (κ2) is 64.5. The molecule has 0 spiro atoms. The number of unbranched alkanes of at least 4 members (excludes halogenated alkanes) is 6. The minimum Gasteiger partial charge on any atom is -0.497 e. The van der Waals surface area contributed by atoms with Gasteiger partial charge in [-0.05, 0) is 240 Å². The van der Waals surface area contributed by atoms with Crippen LogP contribution >= 0.6 is 0 Å². The lowest BCUT2D eigenvalue weighted by molar-refractivity contribution is 0.414. The molecule has 6 atom stereocenters. The number of rotatable bonds is 50. The van der Waals surface area contributed by atoms with Crippen molar-refractivity contribution in [3.8, 4) is 11.5 Å². The number of benzene rings is 6. The molecule has 20 nitrogen and oxygen atoms in total. The van der Waals surface area contributed by atoms with E-state index in [-0.39, 0.29) is 72.9 Å². The molecular formula is C112H176O20S6. The Bertz CT molecular complexity index is 4980. The molecule has 0 fully saturated rings. The molecule has 26 heteroatoms. The van der Waals surface area contributed by atoms with E-state index in [1.165, 1.54) is 38.9 Å². The highest BCUT2D eigenvalue weighted by atomic mass is 32.2. The summed E-state index contributed by atoms with van der Waals surface area (Å²) in [4.78, 5) is 0. The monoisotopic (exact) mass is 2030 g/mol. The normalized spacial score (nSPS) is 14.3. The van der Waals surface area contributed by atoms with Gasteiger partial charge in [0.15, 0.2) is 0 Å². The molecule has 0 radical (unpaired) electrons. The van der Waals surface area contributed by atoms with Gasteiger partial charge in [0.05, 0.1) is 48.7 Å². The predicted molar refractivity (Wildman–Crippen MR) is 579 cm³/mol. The van der Waals surface area contributed by atoms with Crippen LogP contribution in [0.5, 0.6) is 11.5 Å². The van der Waals surface area contributed by atoms with Gasteiger partial charge in [-0.3, -0.25) is 27.3 Å². The van der Waals surface area contributed by atoms with E-state index in [9.17, 15) is 50.5 Å². The number of allylic oxidation sites excluding steroid dienone is 11. The fraction of sp³-hybridized carbons (Fsp3) is 0.571. The Morgan fingerprint density at radius 2 is 0.514 bits per heavy atom. The summed E-state index contributed by atoms with van der Waals surface area (Å²) in [6.07, 6.45) is 44.7. The zero-order valence-corrected chi connectivity index (χ0v) is 92.3. The van der Waals surface area contributed by atoms with Gasteiger partial charge in [0, 0.05) is 5.92 Å². The highest BCUT2D eigenvalue weighted by Crippen LogP contribution is 2.32. The standard InChI is InChI=1S/C21H34O3S.2C19H30O4S.2C18H28O3S.C17H26O3S/c1-17(2)16-19(8-6-7-15-25(22,23)24)10-9-18-11-13-20(14-12-18)21(3,4)5;2*1-19(2,3)13-12-16(7-5-6-14-24(20,21)22)15-17-8-10-18(23-4)11-9-17;2*1-18(2,3)13-12-17(11-7-8-14-22(19,20)21)15-16-9-5-4-6-10-16;1-17(2,3)13-12-16(15-9-5-4-6-10-15)11-7-8-14-21(18,19)20/h9-14,17,19H,6-8,15-16H2,1-5H3,(H,22,23,24);2*8-13,16H,5-7,14-15H2,1-4H3,(H,20,21,22);2*4-6,9-10,12-13,17H,7-8,11,14-15H2,1-3H3,(H,19,20,21);4-6,9-10,12-13,16H,7-8,11,14H2,1-3H3,(H,18,19,20)/b10-9+;5*13-12+/t19-;2*16-;2*17-;16-/m110100/s1. The Morgan fingerprint density at radius 1 is 0.275 bits per heavy atom. The zero-order chi connectivity index (χ0) is 105. The summed E-state index contributed by atoms with van der Waals surface area (Å²) in [7, 11) is -19.8. The van der Waals surface area contributed by atoms with Crippen LogP contribution in [-0.4, -0.2) is 127 Å². The Morgan fingerprint density at radius 3 is 0.754 bits per heavy atom. The van der Waals surface area contributed by atoms with E-state index < -0.39 is 60.7 Å². The molecule has 6 rings (SSSR count). The first kappa shape index (κ1) is 129. The van der Waals surface area contributed by atoms with Gasteiger partial charge in [-0.15, -0.1) is 0 Å². The second-order valence-electron chi connectivity index (χ2n) is 43.5. The number of hydrogen-bond donors (Lipinski definition) is 6. The van der Waals surface area contributed by atoms with Crippen molar-refractivity contribution >= 4 is 66.8 Å². The van der Waals surface area contributed by atoms with Gasteiger partial charge in [0.25, 0.3) is 60.7 Å². The van der Waals surface area contributed by atoms with E-state index >= 15 is 0 Å². The molecule has 6 N–H and O–H groups in total. The minimum absolute atomic E-state index is 0.118. The van der Waals surface area contributed by atoms with Gasteiger partial charge < -0.3 is 9.47 Å². The van der Waals surface area contributed by atoms with Gasteiger partial charge in [-0.2, -0.15) is 50.5 Å². The molecule has 0 heterocycles. The molecule has 0 aromatic heterocycles. The van der Waals surface area contributed by atoms with Crippen molar-refractivity contribution in [2.24, 2.45) is 62.6 Å². The van der Waals surface area contributed by atoms with Crippen LogP contribution in [0.25, 0.3) is 6.08 Å². The molecule has 0 aliphatic rings. The van der Waals surface area contributed by atoms with Crippen LogP contribution in [0.15, 0.2) is 231 Å². The van der Waals surface area contributed by atoms with Gasteiger partial charge in [-0.25, -0.2) is 0 Å². The molecular weight excluding hydrogens is 1860 g/mol. The molecule has 6 aromatic rings. The Hall–Kier alpha value is -7.18. The molecule has 0 aliphatic carbocycles. The quantitative estimate of drug-likeness (QED) is 0.0117. The van der Waals surface area contributed by atoms with Crippen LogP contribution in [0, 0.1) is 62.6 Å². The van der Waals surface area contributed by atoms with Crippen LogP contribution in [-0.2, 0) is 91.8 Å². The lowest BCUT2D eigenvalue weighted by atomic mass is 9.86. The van der Waals surface area contributed by atoms with Crippen molar-refractivity contribution < 1.29 is 87.3 Å². The first-order valence-electron chi connectivity index (χ1n) is 49.0. The maximum atomic E-state index is 10.8. The maximum absolute atomic E-state index is 10.8. The predicted octanol–water partition coefficient (Wildman–Crippen LogP) is 28.2. The van der Waals surface area contributed by atoms with Crippen molar-refractivity contribution in [3.05, 3.63) is 270 Å². The largest absolute Gasteiger partial charge is 0.497 e. The van der Waals surface area contributed by atoms with E-state index in [0.29, 0.717) is 74.0 Å². The third kappa shape index (κ3) is 78.4. The smallest absolute Gasteiger partial charge is 0.264 e.